The Hall–Kier alpha value is -3.87. The van der Waals surface area contributed by atoms with Gasteiger partial charge in [-0.05, 0) is 118 Å². The van der Waals surface area contributed by atoms with E-state index in [1.807, 2.05) is 18.2 Å². The van der Waals surface area contributed by atoms with E-state index in [9.17, 15) is 9.90 Å². The molecule has 0 aliphatic heterocycles. The molecule has 3 heteroatoms. The number of carbonyl (C=O) groups is 1. The first-order valence-electron chi connectivity index (χ1n) is 14.6. The molecule has 0 saturated heterocycles. The average Bonchev–Trinajstić information content (AvgIpc) is 3.26. The summed E-state index contributed by atoms with van der Waals surface area (Å²) >= 11 is 0. The van der Waals surface area contributed by atoms with Crippen LogP contribution in [0.1, 0.15) is 66.4 Å². The Morgan fingerprint density at radius 3 is 2.48 bits per heavy atom. The third kappa shape index (κ3) is 3.15. The summed E-state index contributed by atoms with van der Waals surface area (Å²) in [6, 6.07) is 24.9. The molecule has 0 heterocycles. The van der Waals surface area contributed by atoms with Gasteiger partial charge in [0.05, 0.1) is 5.56 Å². The third-order valence-corrected chi connectivity index (χ3v) is 11.0. The zero-order valence-corrected chi connectivity index (χ0v) is 22.7. The maximum absolute atomic E-state index is 13.5. The van der Waals surface area contributed by atoms with Crippen LogP contribution in [0, 0.1) is 29.6 Å². The number of ether oxygens (including phenoxy) is 1. The van der Waals surface area contributed by atoms with Crippen LogP contribution in [0.3, 0.4) is 0 Å². The Kier molecular flexibility index (Phi) is 4.99. The summed E-state index contributed by atoms with van der Waals surface area (Å²) in [6.07, 6.45) is 11.6. The number of aryl methyl sites for hydroxylation is 1. The molecule has 5 aromatic carbocycles. The molecule has 2 fully saturated rings. The molecule has 3 aliphatic rings. The highest BCUT2D eigenvalue weighted by Gasteiger charge is 2.61. The van der Waals surface area contributed by atoms with Crippen LogP contribution in [-0.2, 0) is 6.42 Å². The van der Waals surface area contributed by atoms with Gasteiger partial charge < -0.3 is 9.84 Å². The number of fused-ring (bicyclic) bond motifs is 5. The molecule has 0 amide bonds. The Balaban J connectivity index is 1.10. The fraction of sp³-hybridized carbons (Fsp3) is 0.324. The van der Waals surface area contributed by atoms with E-state index in [0.29, 0.717) is 35.5 Å². The van der Waals surface area contributed by atoms with Crippen molar-refractivity contribution in [3.63, 3.8) is 0 Å². The van der Waals surface area contributed by atoms with E-state index in [4.69, 9.17) is 11.2 Å². The van der Waals surface area contributed by atoms with E-state index >= 15 is 0 Å². The van der Waals surface area contributed by atoms with Gasteiger partial charge in [-0.1, -0.05) is 67.4 Å². The molecule has 3 nitrogen and oxygen atoms in total. The number of rotatable bonds is 2. The first-order valence-corrected chi connectivity index (χ1v) is 14.6. The zero-order chi connectivity index (χ0) is 27.2. The summed E-state index contributed by atoms with van der Waals surface area (Å²) in [5.41, 5.74) is 2.09. The van der Waals surface area contributed by atoms with Crippen molar-refractivity contribution in [2.45, 2.75) is 57.0 Å². The highest BCUT2D eigenvalue weighted by Crippen LogP contribution is 2.64. The van der Waals surface area contributed by atoms with Crippen LogP contribution in [0.2, 0.25) is 0 Å². The molecule has 5 atom stereocenters. The molecule has 8 rings (SSSR count). The molecule has 0 radical (unpaired) electrons. The second kappa shape index (κ2) is 8.32. The molecule has 0 spiro atoms. The molecule has 1 N–H and O–H groups in total. The minimum atomic E-state index is -0.980. The van der Waals surface area contributed by atoms with E-state index < -0.39 is 5.60 Å². The SMILES string of the molecule is C#C[C@]1(O)CC[C@H]2[C@@H]3CCc4cc(OC(=O)c5ccc6ccc7cccc8ccc5c6c78)ccc4[C@H]3CC[C@@]21C. The third-order valence-electron chi connectivity index (χ3n) is 11.0. The lowest BCUT2D eigenvalue weighted by atomic mass is 9.53. The van der Waals surface area contributed by atoms with E-state index in [1.54, 1.807) is 0 Å². The molecule has 0 bridgehead atoms. The van der Waals surface area contributed by atoms with Gasteiger partial charge in [0.2, 0.25) is 0 Å². The number of esters is 1. The van der Waals surface area contributed by atoms with Gasteiger partial charge in [-0.2, -0.15) is 0 Å². The van der Waals surface area contributed by atoms with Crippen molar-refractivity contribution < 1.29 is 14.6 Å². The van der Waals surface area contributed by atoms with Crippen LogP contribution >= 0.6 is 0 Å². The van der Waals surface area contributed by atoms with E-state index in [0.717, 1.165) is 48.3 Å². The predicted molar refractivity (Wildman–Crippen MR) is 160 cm³/mol. The van der Waals surface area contributed by atoms with Crippen LogP contribution in [-0.4, -0.2) is 16.7 Å². The minimum absolute atomic E-state index is 0.198. The fourth-order valence-electron chi connectivity index (χ4n) is 8.95. The average molecular weight is 525 g/mol. The van der Waals surface area contributed by atoms with Gasteiger partial charge in [0.15, 0.2) is 0 Å². The summed E-state index contributed by atoms with van der Waals surface area (Å²) in [7, 11) is 0. The molecule has 40 heavy (non-hydrogen) atoms. The van der Waals surface area contributed by atoms with Gasteiger partial charge in [-0.25, -0.2) is 4.79 Å². The molecular weight excluding hydrogens is 492 g/mol. The maximum Gasteiger partial charge on any atom is 0.344 e. The van der Waals surface area contributed by atoms with Crippen LogP contribution < -0.4 is 4.74 Å². The van der Waals surface area contributed by atoms with Crippen molar-refractivity contribution in [3.8, 4) is 18.1 Å². The van der Waals surface area contributed by atoms with Crippen LogP contribution in [0.25, 0.3) is 32.3 Å². The van der Waals surface area contributed by atoms with Gasteiger partial charge in [0.1, 0.15) is 11.4 Å². The van der Waals surface area contributed by atoms with Gasteiger partial charge >= 0.3 is 5.97 Å². The van der Waals surface area contributed by atoms with Crippen molar-refractivity contribution in [2.24, 2.45) is 17.3 Å². The first kappa shape index (κ1) is 24.0. The molecule has 0 aromatic heterocycles. The highest BCUT2D eigenvalue weighted by atomic mass is 16.5. The van der Waals surface area contributed by atoms with E-state index in [-0.39, 0.29) is 11.4 Å². The topological polar surface area (TPSA) is 46.5 Å². The monoisotopic (exact) mass is 524 g/mol. The largest absolute Gasteiger partial charge is 0.423 e. The number of aliphatic hydroxyl groups is 1. The van der Waals surface area contributed by atoms with Crippen molar-refractivity contribution in [2.75, 3.05) is 0 Å². The van der Waals surface area contributed by atoms with Crippen molar-refractivity contribution >= 4 is 38.3 Å². The lowest BCUT2D eigenvalue weighted by Gasteiger charge is -2.52. The predicted octanol–water partition coefficient (Wildman–Crippen LogP) is 8.02. The van der Waals surface area contributed by atoms with E-state index in [1.165, 1.54) is 27.3 Å². The first-order chi connectivity index (χ1) is 19.4. The van der Waals surface area contributed by atoms with Crippen LogP contribution in [0.15, 0.2) is 72.8 Å². The lowest BCUT2D eigenvalue weighted by molar-refractivity contribution is -0.0646. The second-order valence-corrected chi connectivity index (χ2v) is 12.6. The van der Waals surface area contributed by atoms with E-state index in [2.05, 4.69) is 67.4 Å². The van der Waals surface area contributed by atoms with Crippen molar-refractivity contribution in [3.05, 3.63) is 89.5 Å². The van der Waals surface area contributed by atoms with Gasteiger partial charge in [0, 0.05) is 5.41 Å². The number of hydrogen-bond acceptors (Lipinski definition) is 3. The minimum Gasteiger partial charge on any atom is -0.423 e. The highest BCUT2D eigenvalue weighted by molar-refractivity contribution is 6.26. The number of carbonyl (C=O) groups excluding carboxylic acids is 1. The number of terminal acetylenes is 1. The molecule has 3 aliphatic carbocycles. The Bertz CT molecular complexity index is 1860. The standard InChI is InChI=1S/C37H32O3/c1-3-37(39)20-18-32-29-13-11-25-21-26(12-16-27(25)28(29)17-19-36(32,37)2)40-35(38)31-15-10-24-8-7-22-5-4-6-23-9-14-30(31)34(24)33(22)23/h1,4-10,12,14-16,21,28-29,32,39H,11,13,17-20H2,2H3/t28-,29-,32+,36+,37+/m1/s1. The number of benzene rings is 5. The maximum atomic E-state index is 13.5. The molecule has 5 aromatic rings. The van der Waals surface area contributed by atoms with Gasteiger partial charge in [0.25, 0.3) is 0 Å². The lowest BCUT2D eigenvalue weighted by Crippen LogP contribution is -2.50. The number of hydrogen-bond donors (Lipinski definition) is 1. The summed E-state index contributed by atoms with van der Waals surface area (Å²) in [4.78, 5) is 13.5. The summed E-state index contributed by atoms with van der Waals surface area (Å²) in [6.45, 7) is 2.22. The molecule has 198 valence electrons. The smallest absolute Gasteiger partial charge is 0.344 e. The summed E-state index contributed by atoms with van der Waals surface area (Å²) < 4.78 is 6.03. The van der Waals surface area contributed by atoms with Crippen molar-refractivity contribution in [1.82, 2.24) is 0 Å². The van der Waals surface area contributed by atoms with Gasteiger partial charge in [-0.3, -0.25) is 0 Å². The summed E-state index contributed by atoms with van der Waals surface area (Å²) in [5, 5.41) is 18.0. The molecule has 0 unspecified atom stereocenters. The Morgan fingerprint density at radius 2 is 1.68 bits per heavy atom. The zero-order valence-electron chi connectivity index (χ0n) is 22.7. The summed E-state index contributed by atoms with van der Waals surface area (Å²) in [5.74, 6) is 4.52. The molecular formula is C37H32O3. The quantitative estimate of drug-likeness (QED) is 0.110. The Morgan fingerprint density at radius 1 is 0.925 bits per heavy atom. The Labute approximate surface area is 234 Å². The molecule has 2 saturated carbocycles. The van der Waals surface area contributed by atoms with Crippen LogP contribution in [0.5, 0.6) is 5.75 Å². The van der Waals surface area contributed by atoms with Crippen LogP contribution in [0.4, 0.5) is 0 Å². The second-order valence-electron chi connectivity index (χ2n) is 12.6. The normalized spacial score (nSPS) is 29.2. The van der Waals surface area contributed by atoms with Gasteiger partial charge in [-0.15, -0.1) is 6.42 Å². The van der Waals surface area contributed by atoms with Crippen molar-refractivity contribution in [1.29, 1.82) is 0 Å². The fourth-order valence-corrected chi connectivity index (χ4v) is 8.95.